The summed E-state index contributed by atoms with van der Waals surface area (Å²) in [6.45, 7) is 10.8. The minimum atomic E-state index is -0.984. The number of rotatable bonds is 18. The number of likely N-dealkylation sites (N-methyl/N-ethyl adjacent to an activating group) is 2. The molecule has 54 heavy (non-hydrogen) atoms. The zero-order chi connectivity index (χ0) is 40.5. The number of aliphatic carboxylic acids is 1. The fraction of sp³-hybridized carbons (Fsp3) is 0.553. The number of imide groups is 1. The van der Waals surface area contributed by atoms with Gasteiger partial charge < -0.3 is 35.8 Å². The van der Waals surface area contributed by atoms with Crippen molar-refractivity contribution in [2.45, 2.75) is 77.1 Å². The van der Waals surface area contributed by atoms with E-state index in [1.54, 1.807) is 27.1 Å². The maximum absolute atomic E-state index is 13.9. The number of thioether (sulfide) groups is 1. The first kappa shape index (κ1) is 43.7. The molecule has 2 aromatic rings. The van der Waals surface area contributed by atoms with E-state index in [1.807, 2.05) is 76.7 Å². The van der Waals surface area contributed by atoms with Crippen molar-refractivity contribution < 1.29 is 38.7 Å². The van der Waals surface area contributed by atoms with E-state index < -0.39 is 57.8 Å². The molecule has 2 heterocycles. The third kappa shape index (κ3) is 10.9. The Balaban J connectivity index is 1.53. The summed E-state index contributed by atoms with van der Waals surface area (Å²) in [7, 11) is 5.28. The molecule has 0 spiro atoms. The summed E-state index contributed by atoms with van der Waals surface area (Å²) in [6, 6.07) is 6.45. The molecule has 1 aromatic carbocycles. The van der Waals surface area contributed by atoms with E-state index >= 15 is 0 Å². The van der Waals surface area contributed by atoms with Gasteiger partial charge in [-0.25, -0.2) is 0 Å². The molecule has 3 rings (SSSR count). The number of carboxylic acid groups (broad SMARTS) is 1. The lowest BCUT2D eigenvalue weighted by Gasteiger charge is -2.38. The molecular weight excluding hydrogens is 715 g/mol. The van der Waals surface area contributed by atoms with Crippen molar-refractivity contribution >= 4 is 64.1 Å². The van der Waals surface area contributed by atoms with Crippen molar-refractivity contribution in [3.8, 4) is 0 Å². The lowest BCUT2D eigenvalue weighted by atomic mass is 9.76. The number of fused-ring (bicyclic) bond motifs is 1. The number of carbonyl (C=O) groups excluding carboxylic acids is 6. The summed E-state index contributed by atoms with van der Waals surface area (Å²) in [4.78, 5) is 90.8. The zero-order valence-corrected chi connectivity index (χ0v) is 33.5. The Morgan fingerprint density at radius 1 is 1.06 bits per heavy atom. The van der Waals surface area contributed by atoms with Crippen LogP contribution < -0.4 is 21.3 Å². The van der Waals surface area contributed by atoms with Crippen LogP contribution in [0.15, 0.2) is 42.1 Å². The van der Waals surface area contributed by atoms with Gasteiger partial charge in [0.25, 0.3) is 0 Å². The smallest absolute Gasteiger partial charge is 0.304 e. The number of para-hydroxylation sites is 1. The molecule has 0 saturated carbocycles. The molecule has 5 N–H and O–H groups in total. The van der Waals surface area contributed by atoms with E-state index in [0.29, 0.717) is 0 Å². The van der Waals surface area contributed by atoms with Gasteiger partial charge in [-0.3, -0.25) is 38.5 Å². The van der Waals surface area contributed by atoms with Gasteiger partial charge >= 0.3 is 5.97 Å². The van der Waals surface area contributed by atoms with Crippen molar-refractivity contribution in [2.24, 2.45) is 12.5 Å². The third-order valence-electron chi connectivity index (χ3n) is 9.57. The van der Waals surface area contributed by atoms with E-state index in [0.717, 1.165) is 33.1 Å². The van der Waals surface area contributed by atoms with Crippen LogP contribution in [-0.4, -0.2) is 124 Å². The van der Waals surface area contributed by atoms with E-state index in [-0.39, 0.29) is 62.2 Å². The number of benzene rings is 1. The van der Waals surface area contributed by atoms with Gasteiger partial charge in [0, 0.05) is 74.0 Å². The highest BCUT2D eigenvalue weighted by atomic mass is 32.2. The van der Waals surface area contributed by atoms with Gasteiger partial charge in [-0.2, -0.15) is 0 Å². The first-order valence-electron chi connectivity index (χ1n) is 17.9. The highest BCUT2D eigenvalue weighted by Crippen LogP contribution is 2.35. The number of carbonyl (C=O) groups is 7. The summed E-state index contributed by atoms with van der Waals surface area (Å²) in [5.74, 6) is -3.28. The van der Waals surface area contributed by atoms with E-state index in [4.69, 9.17) is 5.11 Å². The number of hydrogen-bond donors (Lipinski definition) is 5. The molecular formula is C38H55N7O8S. The van der Waals surface area contributed by atoms with Crippen molar-refractivity contribution in [3.05, 3.63) is 47.7 Å². The number of nitrogens with zero attached hydrogens (tertiary/aromatic N) is 3. The summed E-state index contributed by atoms with van der Waals surface area (Å²) >= 11 is 1.12. The summed E-state index contributed by atoms with van der Waals surface area (Å²) in [6.07, 6.45) is 3.46. The second kappa shape index (κ2) is 18.6. The van der Waals surface area contributed by atoms with Crippen LogP contribution in [0, 0.1) is 5.41 Å². The minimum absolute atomic E-state index is 0.0123. The maximum Gasteiger partial charge on any atom is 0.304 e. The Kier molecular flexibility index (Phi) is 15.0. The number of amides is 6. The molecule has 1 aliphatic heterocycles. The molecule has 1 aromatic heterocycles. The fourth-order valence-corrected chi connectivity index (χ4v) is 7.46. The van der Waals surface area contributed by atoms with Crippen molar-refractivity contribution in [1.82, 2.24) is 35.6 Å². The Hall–Kier alpha value is -4.70. The van der Waals surface area contributed by atoms with Crippen LogP contribution in [0.3, 0.4) is 0 Å². The SMILES string of the molecule is CN[C@H](C(=O)NC(C(=O)N(C)C/C=C(\C)C(=O)NCC(=O)NCCN1C(=O)CC(SCCC(=O)O)C1=O)C(C)(C)C)C(C)(C)c1cn(C)c2ccccc12. The van der Waals surface area contributed by atoms with Crippen molar-refractivity contribution in [2.75, 3.05) is 46.0 Å². The average Bonchev–Trinajstić information content (AvgIpc) is 3.58. The van der Waals surface area contributed by atoms with Gasteiger partial charge in [-0.15, -0.1) is 11.8 Å². The van der Waals surface area contributed by atoms with Crippen molar-refractivity contribution in [3.63, 3.8) is 0 Å². The molecule has 6 amide bonds. The van der Waals surface area contributed by atoms with Gasteiger partial charge in [0.15, 0.2) is 0 Å². The van der Waals surface area contributed by atoms with Gasteiger partial charge in [0.05, 0.1) is 24.3 Å². The highest BCUT2D eigenvalue weighted by molar-refractivity contribution is 8.00. The summed E-state index contributed by atoms with van der Waals surface area (Å²) < 4.78 is 2.04. The normalized spacial score (nSPS) is 16.3. The van der Waals surface area contributed by atoms with Crippen LogP contribution in [0.25, 0.3) is 10.9 Å². The Morgan fingerprint density at radius 3 is 2.35 bits per heavy atom. The molecule has 296 valence electrons. The van der Waals surface area contributed by atoms with Crippen LogP contribution >= 0.6 is 11.8 Å². The minimum Gasteiger partial charge on any atom is -0.481 e. The Bertz CT molecular complexity index is 1780. The van der Waals surface area contributed by atoms with E-state index in [2.05, 4.69) is 21.3 Å². The Labute approximate surface area is 321 Å². The second-order valence-corrected chi connectivity index (χ2v) is 16.5. The number of likely N-dealkylation sites (tertiary alicyclic amines) is 1. The molecule has 1 saturated heterocycles. The van der Waals surface area contributed by atoms with Gasteiger partial charge in [0.1, 0.15) is 6.04 Å². The number of nitrogens with one attached hydrogen (secondary N) is 4. The molecule has 0 bridgehead atoms. The third-order valence-corrected chi connectivity index (χ3v) is 10.8. The van der Waals surface area contributed by atoms with Crippen LogP contribution in [0.5, 0.6) is 0 Å². The molecule has 2 unspecified atom stereocenters. The standard InChI is InChI=1S/C38H55N7O8S/c1-23(33(50)41-21-28(46)40-16-18-45-29(47)20-27(35(45)52)54-19-15-30(48)49)14-17-43(8)36(53)32(37(2,3)4)42-34(51)31(39-7)38(5,6)25-22-44(9)26-13-11-10-12-24(25)26/h10-14,22,27,31-32,39H,15-21H2,1-9H3,(H,40,46)(H,41,50)(H,42,51)(H,48,49)/b23-14+/t27?,31-,32?/m1/s1. The van der Waals surface area contributed by atoms with Gasteiger partial charge in [-0.05, 0) is 31.0 Å². The van der Waals surface area contributed by atoms with Crippen LogP contribution in [0.1, 0.15) is 59.9 Å². The number of carboxylic acids is 1. The van der Waals surface area contributed by atoms with Crippen LogP contribution in [0.2, 0.25) is 0 Å². The molecule has 0 radical (unpaired) electrons. The summed E-state index contributed by atoms with van der Waals surface area (Å²) in [5.41, 5.74) is 1.02. The van der Waals surface area contributed by atoms with Crippen LogP contribution in [0.4, 0.5) is 0 Å². The molecule has 1 fully saturated rings. The lowest BCUT2D eigenvalue weighted by Crippen LogP contribution is -2.60. The predicted molar refractivity (Wildman–Crippen MR) is 207 cm³/mol. The predicted octanol–water partition coefficient (Wildman–Crippen LogP) is 1.55. The topological polar surface area (TPSA) is 199 Å². The highest BCUT2D eigenvalue weighted by Gasteiger charge is 2.42. The lowest BCUT2D eigenvalue weighted by molar-refractivity contribution is -0.139. The molecule has 0 aliphatic carbocycles. The first-order valence-corrected chi connectivity index (χ1v) is 18.9. The number of hydrogen-bond acceptors (Lipinski definition) is 9. The number of aromatic nitrogens is 1. The van der Waals surface area contributed by atoms with E-state index in [9.17, 15) is 33.6 Å². The number of aryl methyl sites for hydroxylation is 1. The molecule has 3 atom stereocenters. The molecule has 1 aliphatic rings. The monoisotopic (exact) mass is 769 g/mol. The molecule has 15 nitrogen and oxygen atoms in total. The van der Waals surface area contributed by atoms with Crippen molar-refractivity contribution in [1.29, 1.82) is 0 Å². The summed E-state index contributed by atoms with van der Waals surface area (Å²) in [5, 5.41) is 20.5. The fourth-order valence-electron chi connectivity index (χ4n) is 6.36. The average molecular weight is 770 g/mol. The largest absolute Gasteiger partial charge is 0.481 e. The first-order chi connectivity index (χ1) is 25.2. The van der Waals surface area contributed by atoms with Gasteiger partial charge in [0.2, 0.25) is 35.4 Å². The van der Waals surface area contributed by atoms with E-state index in [1.165, 1.54) is 4.90 Å². The second-order valence-electron chi connectivity index (χ2n) is 15.2. The quantitative estimate of drug-likeness (QED) is 0.110. The zero-order valence-electron chi connectivity index (χ0n) is 32.7. The maximum atomic E-state index is 13.9. The molecule has 16 heteroatoms. The Morgan fingerprint density at radius 2 is 1.72 bits per heavy atom. The van der Waals surface area contributed by atoms with Crippen LogP contribution in [-0.2, 0) is 46.0 Å². The van der Waals surface area contributed by atoms with Gasteiger partial charge in [-0.1, -0.05) is 58.9 Å².